The Bertz CT molecular complexity index is 600. The molecule has 0 saturated heterocycles. The van der Waals surface area contributed by atoms with E-state index < -0.39 is 0 Å². The second kappa shape index (κ2) is 4.73. The minimum Gasteiger partial charge on any atom is -0.378 e. The highest BCUT2D eigenvalue weighted by Crippen LogP contribution is 2.37. The second-order valence-electron chi connectivity index (χ2n) is 5.82. The Hall–Kier alpha value is -1.76. The normalized spacial score (nSPS) is 21.6. The summed E-state index contributed by atoms with van der Waals surface area (Å²) in [5.74, 6) is 0.621. The lowest BCUT2D eigenvalue weighted by molar-refractivity contribution is 0.477. The van der Waals surface area contributed by atoms with Crippen LogP contribution >= 0.6 is 0 Å². The molecule has 1 heterocycles. The second-order valence-corrected chi connectivity index (χ2v) is 5.82. The Kier molecular flexibility index (Phi) is 3.06. The van der Waals surface area contributed by atoms with Crippen molar-refractivity contribution in [2.45, 2.75) is 33.2 Å². The monoisotopic (exact) mass is 251 g/mol. The molecular formula is C18H21N. The molecule has 1 N–H and O–H groups in total. The summed E-state index contributed by atoms with van der Waals surface area (Å²) < 4.78 is 0. The molecule has 1 nitrogen and oxygen atoms in total. The molecule has 0 bridgehead atoms. The minimum atomic E-state index is 0.426. The largest absolute Gasteiger partial charge is 0.378 e. The maximum atomic E-state index is 3.73. The van der Waals surface area contributed by atoms with E-state index in [1.807, 2.05) is 0 Å². The zero-order chi connectivity index (χ0) is 13.4. The van der Waals surface area contributed by atoms with Crippen molar-refractivity contribution in [2.24, 2.45) is 5.92 Å². The van der Waals surface area contributed by atoms with Crippen LogP contribution in [0.1, 0.15) is 35.2 Å². The van der Waals surface area contributed by atoms with Crippen molar-refractivity contribution in [2.75, 3.05) is 5.32 Å². The first-order valence-electron chi connectivity index (χ1n) is 7.07. The number of hydrogen-bond acceptors (Lipinski definition) is 1. The van der Waals surface area contributed by atoms with E-state index in [2.05, 4.69) is 68.6 Å². The number of anilines is 1. The van der Waals surface area contributed by atoms with Gasteiger partial charge in [0, 0.05) is 5.69 Å². The number of para-hydroxylation sites is 1. The summed E-state index contributed by atoms with van der Waals surface area (Å²) in [6.45, 7) is 6.73. The maximum Gasteiger partial charge on any atom is 0.0545 e. The van der Waals surface area contributed by atoms with Gasteiger partial charge in [-0.05, 0) is 48.9 Å². The van der Waals surface area contributed by atoms with Gasteiger partial charge in [0.1, 0.15) is 0 Å². The van der Waals surface area contributed by atoms with Gasteiger partial charge in [-0.2, -0.15) is 0 Å². The first-order chi connectivity index (χ1) is 9.15. The van der Waals surface area contributed by atoms with Crippen molar-refractivity contribution in [3.05, 3.63) is 64.7 Å². The lowest BCUT2D eigenvalue weighted by atomic mass is 9.83. The summed E-state index contributed by atoms with van der Waals surface area (Å²) in [6, 6.07) is 15.9. The van der Waals surface area contributed by atoms with Crippen molar-refractivity contribution in [1.29, 1.82) is 0 Å². The molecule has 0 aromatic heterocycles. The zero-order valence-corrected chi connectivity index (χ0v) is 11.9. The summed E-state index contributed by atoms with van der Waals surface area (Å²) in [6.07, 6.45) is 1.15. The summed E-state index contributed by atoms with van der Waals surface area (Å²) in [4.78, 5) is 0. The summed E-state index contributed by atoms with van der Waals surface area (Å²) in [5.41, 5.74) is 6.91. The molecule has 19 heavy (non-hydrogen) atoms. The molecule has 1 aliphatic rings. The highest BCUT2D eigenvalue weighted by Gasteiger charge is 2.26. The molecule has 2 atom stereocenters. The van der Waals surface area contributed by atoms with Crippen molar-refractivity contribution in [3.63, 3.8) is 0 Å². The molecule has 0 spiro atoms. The van der Waals surface area contributed by atoms with E-state index in [1.54, 1.807) is 0 Å². The van der Waals surface area contributed by atoms with Crippen LogP contribution < -0.4 is 5.32 Å². The van der Waals surface area contributed by atoms with E-state index >= 15 is 0 Å². The Morgan fingerprint density at radius 1 is 1.05 bits per heavy atom. The van der Waals surface area contributed by atoms with E-state index in [0.29, 0.717) is 12.0 Å². The Labute approximate surface area is 115 Å². The molecule has 2 unspecified atom stereocenters. The number of nitrogens with one attached hydrogen (secondary N) is 1. The topological polar surface area (TPSA) is 12.0 Å². The molecule has 0 radical (unpaired) electrons. The van der Waals surface area contributed by atoms with Crippen LogP contribution in [0.3, 0.4) is 0 Å². The standard InChI is InChI=1S/C18H21N/c1-12-8-9-13(2)16(10-12)18-14(3)11-15-6-4-5-7-17(15)19-18/h4-10,14,18-19H,11H2,1-3H3. The van der Waals surface area contributed by atoms with Gasteiger partial charge < -0.3 is 5.32 Å². The minimum absolute atomic E-state index is 0.426. The molecule has 0 fully saturated rings. The fourth-order valence-electron chi connectivity index (χ4n) is 3.09. The number of hydrogen-bond donors (Lipinski definition) is 1. The quantitative estimate of drug-likeness (QED) is 0.778. The van der Waals surface area contributed by atoms with Crippen molar-refractivity contribution in [3.8, 4) is 0 Å². The zero-order valence-electron chi connectivity index (χ0n) is 11.9. The molecule has 0 aliphatic carbocycles. The van der Waals surface area contributed by atoms with Crippen molar-refractivity contribution < 1.29 is 0 Å². The fourth-order valence-corrected chi connectivity index (χ4v) is 3.09. The van der Waals surface area contributed by atoms with Crippen LogP contribution in [-0.4, -0.2) is 0 Å². The Morgan fingerprint density at radius 3 is 2.68 bits per heavy atom. The first kappa shape index (κ1) is 12.3. The van der Waals surface area contributed by atoms with Crippen LogP contribution in [0, 0.1) is 19.8 Å². The summed E-state index contributed by atoms with van der Waals surface area (Å²) in [5, 5.41) is 3.73. The van der Waals surface area contributed by atoms with Gasteiger partial charge in [-0.1, -0.05) is 48.9 Å². The van der Waals surface area contributed by atoms with Crippen LogP contribution in [-0.2, 0) is 6.42 Å². The number of benzene rings is 2. The smallest absolute Gasteiger partial charge is 0.0545 e. The van der Waals surface area contributed by atoms with Gasteiger partial charge >= 0.3 is 0 Å². The average molecular weight is 251 g/mol. The van der Waals surface area contributed by atoms with E-state index in [1.165, 1.54) is 27.9 Å². The van der Waals surface area contributed by atoms with E-state index in [4.69, 9.17) is 0 Å². The van der Waals surface area contributed by atoms with Crippen molar-refractivity contribution in [1.82, 2.24) is 0 Å². The first-order valence-corrected chi connectivity index (χ1v) is 7.07. The van der Waals surface area contributed by atoms with Crippen LogP contribution in [0.25, 0.3) is 0 Å². The van der Waals surface area contributed by atoms with Crippen LogP contribution in [0.4, 0.5) is 5.69 Å². The molecule has 3 rings (SSSR count). The molecule has 1 aliphatic heterocycles. The third kappa shape index (κ3) is 2.25. The van der Waals surface area contributed by atoms with Gasteiger partial charge in [0.25, 0.3) is 0 Å². The van der Waals surface area contributed by atoms with Crippen LogP contribution in [0.2, 0.25) is 0 Å². The predicted molar refractivity (Wildman–Crippen MR) is 81.6 cm³/mol. The van der Waals surface area contributed by atoms with Gasteiger partial charge in [-0.15, -0.1) is 0 Å². The number of aryl methyl sites for hydroxylation is 2. The number of fused-ring (bicyclic) bond motifs is 1. The van der Waals surface area contributed by atoms with Crippen LogP contribution in [0.5, 0.6) is 0 Å². The van der Waals surface area contributed by atoms with E-state index in [0.717, 1.165) is 6.42 Å². The number of rotatable bonds is 1. The van der Waals surface area contributed by atoms with Gasteiger partial charge in [0.15, 0.2) is 0 Å². The molecule has 0 amide bonds. The Balaban J connectivity index is 2.00. The van der Waals surface area contributed by atoms with E-state index in [9.17, 15) is 0 Å². The predicted octanol–water partition coefficient (Wildman–Crippen LogP) is 4.65. The van der Waals surface area contributed by atoms with Gasteiger partial charge in [0.05, 0.1) is 6.04 Å². The molecule has 98 valence electrons. The fraction of sp³-hybridized carbons (Fsp3) is 0.333. The third-order valence-corrected chi connectivity index (χ3v) is 4.21. The van der Waals surface area contributed by atoms with E-state index in [-0.39, 0.29) is 0 Å². The molecule has 2 aromatic rings. The maximum absolute atomic E-state index is 3.73. The summed E-state index contributed by atoms with van der Waals surface area (Å²) in [7, 11) is 0. The van der Waals surface area contributed by atoms with Crippen LogP contribution in [0.15, 0.2) is 42.5 Å². The Morgan fingerprint density at radius 2 is 1.84 bits per heavy atom. The summed E-state index contributed by atoms with van der Waals surface area (Å²) >= 11 is 0. The lowest BCUT2D eigenvalue weighted by Gasteiger charge is -2.34. The third-order valence-electron chi connectivity index (χ3n) is 4.21. The van der Waals surface area contributed by atoms with Gasteiger partial charge in [-0.25, -0.2) is 0 Å². The van der Waals surface area contributed by atoms with Crippen molar-refractivity contribution >= 4 is 5.69 Å². The molecular weight excluding hydrogens is 230 g/mol. The molecule has 1 heteroatoms. The lowest BCUT2D eigenvalue weighted by Crippen LogP contribution is -2.26. The molecule has 0 saturated carbocycles. The SMILES string of the molecule is Cc1ccc(C)c(C2Nc3ccccc3CC2C)c1. The van der Waals surface area contributed by atoms with Gasteiger partial charge in [0.2, 0.25) is 0 Å². The highest BCUT2D eigenvalue weighted by molar-refractivity contribution is 5.56. The van der Waals surface area contributed by atoms with Gasteiger partial charge in [-0.3, -0.25) is 0 Å². The average Bonchev–Trinajstić information content (AvgIpc) is 2.41. The molecule has 2 aromatic carbocycles. The highest BCUT2D eigenvalue weighted by atomic mass is 14.9.